The van der Waals surface area contributed by atoms with Crippen molar-refractivity contribution in [3.8, 4) is 5.75 Å². The van der Waals surface area contributed by atoms with Crippen molar-refractivity contribution in [3.05, 3.63) is 142 Å². The second-order valence-corrected chi connectivity index (χ2v) is 8.63. The van der Waals surface area contributed by atoms with Crippen LogP contribution in [0.25, 0.3) is 10.9 Å². The zero-order chi connectivity index (χ0) is 27.5. The maximum atomic E-state index is 14.2. The van der Waals surface area contributed by atoms with Crippen LogP contribution >= 0.6 is 0 Å². The van der Waals surface area contributed by atoms with Crippen LogP contribution in [0.4, 0.5) is 10.1 Å². The van der Waals surface area contributed by atoms with E-state index in [2.05, 4.69) is 0 Å². The fourth-order valence-corrected chi connectivity index (χ4v) is 4.23. The van der Waals surface area contributed by atoms with Gasteiger partial charge in [0.25, 0.3) is 17.4 Å². The summed E-state index contributed by atoms with van der Waals surface area (Å²) in [7, 11) is 1.48. The summed E-state index contributed by atoms with van der Waals surface area (Å²) in [5, 5.41) is 0.318. The molecule has 0 bridgehead atoms. The molecule has 0 N–H and O–H groups in total. The number of esters is 1. The van der Waals surface area contributed by atoms with E-state index >= 15 is 0 Å². The SMILES string of the molecule is Cn1c(=O)c(C(=O)N(C(=O)c2ccccc2)c2ccc(F)cc2)c(OC(=O)c2ccccc2)c2ccccc21. The average Bonchev–Trinajstić information content (AvgIpc) is 2.97. The van der Waals surface area contributed by atoms with E-state index in [9.17, 15) is 23.6 Å². The topological polar surface area (TPSA) is 85.7 Å². The summed E-state index contributed by atoms with van der Waals surface area (Å²) in [4.78, 5) is 55.4. The molecular weight excluding hydrogens is 499 g/mol. The molecule has 0 spiro atoms. The predicted octanol–water partition coefficient (Wildman–Crippen LogP) is 5.38. The molecular formula is C31H21FN2O5. The van der Waals surface area contributed by atoms with Crippen LogP contribution < -0.4 is 15.2 Å². The van der Waals surface area contributed by atoms with E-state index in [4.69, 9.17) is 4.74 Å². The molecule has 0 unspecified atom stereocenters. The van der Waals surface area contributed by atoms with Crippen molar-refractivity contribution >= 4 is 34.4 Å². The number of pyridine rings is 1. The Morgan fingerprint density at radius 3 is 1.92 bits per heavy atom. The number of nitrogens with zero attached hydrogens (tertiary/aromatic N) is 2. The minimum atomic E-state index is -1.03. The Balaban J connectivity index is 1.74. The maximum absolute atomic E-state index is 14.2. The number of hydrogen-bond donors (Lipinski definition) is 0. The lowest BCUT2D eigenvalue weighted by Crippen LogP contribution is -2.41. The van der Waals surface area contributed by atoms with Crippen LogP contribution in [0.5, 0.6) is 5.75 Å². The highest BCUT2D eigenvalue weighted by Crippen LogP contribution is 2.31. The van der Waals surface area contributed by atoms with Crippen molar-refractivity contribution in [2.45, 2.75) is 0 Å². The minimum absolute atomic E-state index is 0.0331. The van der Waals surface area contributed by atoms with Crippen molar-refractivity contribution in [2.24, 2.45) is 7.05 Å². The summed E-state index contributed by atoms with van der Waals surface area (Å²) in [6.45, 7) is 0. The number of hydrogen-bond acceptors (Lipinski definition) is 5. The molecule has 4 aromatic carbocycles. The van der Waals surface area contributed by atoms with Crippen LogP contribution in [0.2, 0.25) is 0 Å². The normalized spacial score (nSPS) is 10.7. The number of carbonyl (C=O) groups is 3. The molecule has 39 heavy (non-hydrogen) atoms. The summed E-state index contributed by atoms with van der Waals surface area (Å²) in [6.07, 6.45) is 0. The molecule has 1 heterocycles. The number of imide groups is 1. The van der Waals surface area contributed by atoms with Gasteiger partial charge in [-0.05, 0) is 60.7 Å². The molecule has 5 aromatic rings. The fourth-order valence-electron chi connectivity index (χ4n) is 4.23. The Bertz CT molecular complexity index is 1770. The number of halogens is 1. The molecule has 0 atom stereocenters. The van der Waals surface area contributed by atoms with Gasteiger partial charge < -0.3 is 9.30 Å². The lowest BCUT2D eigenvalue weighted by molar-refractivity contribution is 0.0734. The van der Waals surface area contributed by atoms with Gasteiger partial charge in [0.2, 0.25) is 0 Å². The van der Waals surface area contributed by atoms with Gasteiger partial charge in [-0.2, -0.15) is 0 Å². The van der Waals surface area contributed by atoms with E-state index in [-0.39, 0.29) is 22.6 Å². The van der Waals surface area contributed by atoms with E-state index in [1.807, 2.05) is 0 Å². The molecule has 0 aliphatic carbocycles. The van der Waals surface area contributed by atoms with E-state index in [0.29, 0.717) is 10.9 Å². The Hall–Kier alpha value is -5.37. The molecule has 0 saturated carbocycles. The van der Waals surface area contributed by atoms with Gasteiger partial charge in [0.1, 0.15) is 11.4 Å². The van der Waals surface area contributed by atoms with Crippen LogP contribution in [-0.4, -0.2) is 22.4 Å². The van der Waals surface area contributed by atoms with Crippen LogP contribution in [0.15, 0.2) is 114 Å². The zero-order valence-electron chi connectivity index (χ0n) is 20.7. The van der Waals surface area contributed by atoms with Crippen molar-refractivity contribution in [1.29, 1.82) is 0 Å². The standard InChI is InChI=1S/C31H21FN2O5/c1-33-25-15-9-8-14-24(25)27(39-31(38)21-12-6-3-7-13-21)26(29(33)36)30(37)34(23-18-16-22(32)17-19-23)28(35)20-10-4-2-5-11-20/h2-19H,1H3. The number of para-hydroxylation sites is 1. The third-order valence-electron chi connectivity index (χ3n) is 6.19. The molecule has 0 fully saturated rings. The molecule has 1 aromatic heterocycles. The van der Waals surface area contributed by atoms with Gasteiger partial charge >= 0.3 is 5.97 Å². The largest absolute Gasteiger partial charge is 0.421 e. The molecule has 7 nitrogen and oxygen atoms in total. The smallest absolute Gasteiger partial charge is 0.343 e. The van der Waals surface area contributed by atoms with E-state index < -0.39 is 34.7 Å². The van der Waals surface area contributed by atoms with Gasteiger partial charge in [0, 0.05) is 18.0 Å². The van der Waals surface area contributed by atoms with Crippen LogP contribution in [0.3, 0.4) is 0 Å². The number of aromatic nitrogens is 1. The number of carbonyl (C=O) groups excluding carboxylic acids is 3. The first kappa shape index (κ1) is 25.3. The summed E-state index contributed by atoms with van der Waals surface area (Å²) in [6, 6.07) is 27.5. The molecule has 192 valence electrons. The molecule has 8 heteroatoms. The third-order valence-corrected chi connectivity index (χ3v) is 6.19. The first-order chi connectivity index (χ1) is 18.9. The van der Waals surface area contributed by atoms with Gasteiger partial charge in [0.05, 0.1) is 16.8 Å². The van der Waals surface area contributed by atoms with Gasteiger partial charge in [-0.1, -0.05) is 48.5 Å². The van der Waals surface area contributed by atoms with Gasteiger partial charge in [0.15, 0.2) is 5.75 Å². The third kappa shape index (κ3) is 4.83. The first-order valence-electron chi connectivity index (χ1n) is 11.9. The van der Waals surface area contributed by atoms with Crippen LogP contribution in [0.1, 0.15) is 31.1 Å². The summed E-state index contributed by atoms with van der Waals surface area (Å²) >= 11 is 0. The number of aryl methyl sites for hydroxylation is 1. The number of amides is 2. The van der Waals surface area contributed by atoms with Gasteiger partial charge in [-0.15, -0.1) is 0 Å². The highest BCUT2D eigenvalue weighted by molar-refractivity contribution is 6.27. The Labute approximate surface area is 222 Å². The maximum Gasteiger partial charge on any atom is 0.343 e. The highest BCUT2D eigenvalue weighted by atomic mass is 19.1. The molecule has 0 saturated heterocycles. The summed E-state index contributed by atoms with van der Waals surface area (Å²) in [5.41, 5.74) is -0.480. The summed E-state index contributed by atoms with van der Waals surface area (Å²) in [5.74, 6) is -3.41. The lowest BCUT2D eigenvalue weighted by atomic mass is 10.1. The Morgan fingerprint density at radius 1 is 0.718 bits per heavy atom. The number of rotatable bonds is 5. The van der Waals surface area contributed by atoms with Crippen LogP contribution in [0, 0.1) is 5.82 Å². The lowest BCUT2D eigenvalue weighted by Gasteiger charge is -2.23. The predicted molar refractivity (Wildman–Crippen MR) is 145 cm³/mol. The highest BCUT2D eigenvalue weighted by Gasteiger charge is 2.33. The van der Waals surface area contributed by atoms with Gasteiger partial charge in [-0.25, -0.2) is 14.1 Å². The molecule has 2 amide bonds. The van der Waals surface area contributed by atoms with Crippen molar-refractivity contribution in [1.82, 2.24) is 4.57 Å². The van der Waals surface area contributed by atoms with E-state index in [0.717, 1.165) is 17.0 Å². The second kappa shape index (κ2) is 10.5. The van der Waals surface area contributed by atoms with E-state index in [1.54, 1.807) is 60.7 Å². The minimum Gasteiger partial charge on any atom is -0.421 e. The van der Waals surface area contributed by atoms with Crippen molar-refractivity contribution in [3.63, 3.8) is 0 Å². The number of ether oxygens (including phenoxy) is 1. The van der Waals surface area contributed by atoms with Crippen molar-refractivity contribution in [2.75, 3.05) is 4.90 Å². The zero-order valence-corrected chi connectivity index (χ0v) is 20.7. The summed E-state index contributed by atoms with van der Waals surface area (Å²) < 4.78 is 20.7. The molecule has 5 rings (SSSR count). The fraction of sp³-hybridized carbons (Fsp3) is 0.0323. The molecule has 0 radical (unpaired) electrons. The monoisotopic (exact) mass is 520 g/mol. The molecule has 0 aliphatic heterocycles. The Kier molecular flexibility index (Phi) is 6.84. The quantitative estimate of drug-likeness (QED) is 0.229. The number of benzene rings is 4. The average molecular weight is 521 g/mol. The number of anilines is 1. The number of fused-ring (bicyclic) bond motifs is 1. The first-order valence-corrected chi connectivity index (χ1v) is 11.9. The Morgan fingerprint density at radius 2 is 1.28 bits per heavy atom. The van der Waals surface area contributed by atoms with Crippen molar-refractivity contribution < 1.29 is 23.5 Å². The molecule has 0 aliphatic rings. The van der Waals surface area contributed by atoms with Gasteiger partial charge in [-0.3, -0.25) is 14.4 Å². The second-order valence-electron chi connectivity index (χ2n) is 8.63. The van der Waals surface area contributed by atoms with Crippen LogP contribution in [-0.2, 0) is 7.05 Å². The van der Waals surface area contributed by atoms with E-state index in [1.165, 1.54) is 48.0 Å².